The molecule has 2 rings (SSSR count). The molecule has 2 heteroatoms. The van der Waals surface area contributed by atoms with Gasteiger partial charge in [0.15, 0.2) is 0 Å². The van der Waals surface area contributed by atoms with Crippen LogP contribution in [0.1, 0.15) is 42.5 Å². The van der Waals surface area contributed by atoms with Crippen LogP contribution in [0.3, 0.4) is 0 Å². The number of hydrogen-bond acceptors (Lipinski definition) is 1. The number of amides is 1. The first-order valence-electron chi connectivity index (χ1n) is 7.00. The van der Waals surface area contributed by atoms with Crippen LogP contribution in [0.4, 0.5) is 0 Å². The number of hydrogen-bond donors (Lipinski definition) is 1. The van der Waals surface area contributed by atoms with Crippen LogP contribution in [-0.4, -0.2) is 5.91 Å². The van der Waals surface area contributed by atoms with Crippen molar-refractivity contribution in [1.29, 1.82) is 0 Å². The molecule has 1 N–H and O–H groups in total. The molecule has 0 saturated heterocycles. The molecule has 0 aliphatic carbocycles. The van der Waals surface area contributed by atoms with Gasteiger partial charge in [-0.15, -0.1) is 0 Å². The summed E-state index contributed by atoms with van der Waals surface area (Å²) in [4.78, 5) is 12.3. The number of aryl methyl sites for hydroxylation is 1. The summed E-state index contributed by atoms with van der Waals surface area (Å²) in [5.41, 5.74) is 3.41. The zero-order chi connectivity index (χ0) is 14.5. The Bertz CT molecular complexity index is 577. The van der Waals surface area contributed by atoms with Crippen LogP contribution in [0.5, 0.6) is 0 Å². The first-order valence-corrected chi connectivity index (χ1v) is 7.00. The van der Waals surface area contributed by atoms with Gasteiger partial charge in [-0.05, 0) is 37.5 Å². The summed E-state index contributed by atoms with van der Waals surface area (Å²) >= 11 is 0. The van der Waals surface area contributed by atoms with E-state index in [2.05, 4.69) is 24.4 Å². The normalized spacial score (nSPS) is 13.6. The predicted octanol–water partition coefficient (Wildman–Crippen LogP) is 3.98. The fourth-order valence-corrected chi connectivity index (χ4v) is 2.38. The lowest BCUT2D eigenvalue weighted by Gasteiger charge is -2.19. The van der Waals surface area contributed by atoms with Gasteiger partial charge < -0.3 is 5.32 Å². The molecule has 0 fully saturated rings. The van der Waals surface area contributed by atoms with Crippen molar-refractivity contribution in [3.05, 3.63) is 71.3 Å². The van der Waals surface area contributed by atoms with Crippen LogP contribution in [0.2, 0.25) is 0 Å². The van der Waals surface area contributed by atoms with Gasteiger partial charge in [0, 0.05) is 0 Å². The molecule has 0 heterocycles. The first kappa shape index (κ1) is 14.3. The van der Waals surface area contributed by atoms with Crippen LogP contribution < -0.4 is 5.32 Å². The second-order valence-corrected chi connectivity index (χ2v) is 5.22. The summed E-state index contributed by atoms with van der Waals surface area (Å²) < 4.78 is 0. The standard InChI is InChI=1S/C18H21NO/c1-13-9-7-8-12-17(13)15(3)19-18(20)14(2)16-10-5-4-6-11-16/h4-12,14-15H,1-3H3,(H,19,20). The van der Waals surface area contributed by atoms with Crippen LogP contribution in [0.15, 0.2) is 54.6 Å². The molecular weight excluding hydrogens is 246 g/mol. The van der Waals surface area contributed by atoms with Gasteiger partial charge in [0.2, 0.25) is 5.91 Å². The Labute approximate surface area is 120 Å². The SMILES string of the molecule is Cc1ccccc1C(C)NC(=O)C(C)c1ccccc1. The zero-order valence-corrected chi connectivity index (χ0v) is 12.3. The number of carbonyl (C=O) groups excluding carboxylic acids is 1. The molecule has 104 valence electrons. The van der Waals surface area contributed by atoms with E-state index >= 15 is 0 Å². The maximum Gasteiger partial charge on any atom is 0.227 e. The third kappa shape index (κ3) is 3.27. The van der Waals surface area contributed by atoms with Crippen molar-refractivity contribution < 1.29 is 4.79 Å². The smallest absolute Gasteiger partial charge is 0.227 e. The van der Waals surface area contributed by atoms with Crippen molar-refractivity contribution in [2.45, 2.75) is 32.7 Å². The predicted molar refractivity (Wildman–Crippen MR) is 82.6 cm³/mol. The maximum absolute atomic E-state index is 12.3. The molecule has 20 heavy (non-hydrogen) atoms. The Hall–Kier alpha value is -2.09. The van der Waals surface area contributed by atoms with Gasteiger partial charge in [-0.25, -0.2) is 0 Å². The van der Waals surface area contributed by atoms with Crippen molar-refractivity contribution in [2.24, 2.45) is 0 Å². The molecular formula is C18H21NO. The molecule has 0 spiro atoms. The highest BCUT2D eigenvalue weighted by atomic mass is 16.1. The van der Waals surface area contributed by atoms with E-state index < -0.39 is 0 Å². The Kier molecular flexibility index (Phi) is 4.57. The van der Waals surface area contributed by atoms with E-state index in [1.165, 1.54) is 11.1 Å². The summed E-state index contributed by atoms with van der Waals surface area (Å²) in [5.74, 6) is -0.0744. The molecule has 2 nitrogen and oxygen atoms in total. The van der Waals surface area contributed by atoms with Gasteiger partial charge >= 0.3 is 0 Å². The fourth-order valence-electron chi connectivity index (χ4n) is 2.38. The van der Waals surface area contributed by atoms with E-state index in [1.807, 2.05) is 56.3 Å². The quantitative estimate of drug-likeness (QED) is 0.892. The van der Waals surface area contributed by atoms with Gasteiger partial charge in [0.25, 0.3) is 0 Å². The second-order valence-electron chi connectivity index (χ2n) is 5.22. The monoisotopic (exact) mass is 267 g/mol. The fraction of sp³-hybridized carbons (Fsp3) is 0.278. The lowest BCUT2D eigenvalue weighted by atomic mass is 9.98. The average molecular weight is 267 g/mol. The summed E-state index contributed by atoms with van der Waals surface area (Å²) in [5, 5.41) is 3.10. The van der Waals surface area contributed by atoms with Gasteiger partial charge in [0.1, 0.15) is 0 Å². The van der Waals surface area contributed by atoms with Crippen molar-refractivity contribution >= 4 is 5.91 Å². The Morgan fingerprint density at radius 3 is 2.20 bits per heavy atom. The summed E-state index contributed by atoms with van der Waals surface area (Å²) in [7, 11) is 0. The lowest BCUT2D eigenvalue weighted by Crippen LogP contribution is -2.30. The topological polar surface area (TPSA) is 29.1 Å². The number of rotatable bonds is 4. The molecule has 0 radical (unpaired) electrons. The average Bonchev–Trinajstić information content (AvgIpc) is 2.47. The molecule has 0 saturated carbocycles. The molecule has 0 aliphatic heterocycles. The minimum atomic E-state index is -0.136. The highest BCUT2D eigenvalue weighted by Gasteiger charge is 2.18. The van der Waals surface area contributed by atoms with E-state index in [0.717, 1.165) is 5.56 Å². The van der Waals surface area contributed by atoms with Crippen molar-refractivity contribution in [1.82, 2.24) is 5.32 Å². The molecule has 0 bridgehead atoms. The van der Waals surface area contributed by atoms with E-state index in [-0.39, 0.29) is 17.9 Å². The van der Waals surface area contributed by atoms with Gasteiger partial charge in [-0.2, -0.15) is 0 Å². The number of benzene rings is 2. The van der Waals surface area contributed by atoms with Crippen LogP contribution >= 0.6 is 0 Å². The third-order valence-electron chi connectivity index (χ3n) is 3.71. The van der Waals surface area contributed by atoms with Gasteiger partial charge in [-0.1, -0.05) is 54.6 Å². The maximum atomic E-state index is 12.3. The Morgan fingerprint density at radius 2 is 1.55 bits per heavy atom. The van der Waals surface area contributed by atoms with E-state index in [0.29, 0.717) is 0 Å². The third-order valence-corrected chi connectivity index (χ3v) is 3.71. The lowest BCUT2D eigenvalue weighted by molar-refractivity contribution is -0.122. The molecule has 2 unspecified atom stereocenters. The molecule has 0 aromatic heterocycles. The zero-order valence-electron chi connectivity index (χ0n) is 12.3. The van der Waals surface area contributed by atoms with E-state index in [9.17, 15) is 4.79 Å². The van der Waals surface area contributed by atoms with Crippen molar-refractivity contribution in [3.8, 4) is 0 Å². The van der Waals surface area contributed by atoms with Gasteiger partial charge in [0.05, 0.1) is 12.0 Å². The number of nitrogens with one attached hydrogen (secondary N) is 1. The van der Waals surface area contributed by atoms with Crippen LogP contribution in [-0.2, 0) is 4.79 Å². The molecule has 0 aliphatic rings. The minimum Gasteiger partial charge on any atom is -0.349 e. The summed E-state index contributed by atoms with van der Waals surface area (Å²) in [6.07, 6.45) is 0. The summed E-state index contributed by atoms with van der Waals surface area (Å²) in [6.45, 7) is 6.03. The van der Waals surface area contributed by atoms with Crippen molar-refractivity contribution in [2.75, 3.05) is 0 Å². The van der Waals surface area contributed by atoms with E-state index in [4.69, 9.17) is 0 Å². The van der Waals surface area contributed by atoms with Crippen LogP contribution in [0, 0.1) is 6.92 Å². The molecule has 2 aromatic rings. The minimum absolute atomic E-state index is 0.0230. The number of carbonyl (C=O) groups is 1. The first-order chi connectivity index (χ1) is 9.59. The van der Waals surface area contributed by atoms with E-state index in [1.54, 1.807) is 0 Å². The Morgan fingerprint density at radius 1 is 0.950 bits per heavy atom. The largest absolute Gasteiger partial charge is 0.349 e. The second kappa shape index (κ2) is 6.38. The molecule has 2 aromatic carbocycles. The highest BCUT2D eigenvalue weighted by Crippen LogP contribution is 2.20. The Balaban J connectivity index is 2.07. The van der Waals surface area contributed by atoms with Crippen molar-refractivity contribution in [3.63, 3.8) is 0 Å². The van der Waals surface area contributed by atoms with Gasteiger partial charge in [-0.3, -0.25) is 4.79 Å². The molecule has 1 amide bonds. The molecule has 2 atom stereocenters. The summed E-state index contributed by atoms with van der Waals surface area (Å²) in [6, 6.07) is 18.0. The van der Waals surface area contributed by atoms with Crippen LogP contribution in [0.25, 0.3) is 0 Å². The highest BCUT2D eigenvalue weighted by molar-refractivity contribution is 5.83.